The molecule has 1 unspecified atom stereocenters. The summed E-state index contributed by atoms with van der Waals surface area (Å²) in [5.41, 5.74) is 3.16. The van der Waals surface area contributed by atoms with E-state index in [1.54, 1.807) is 0 Å². The van der Waals surface area contributed by atoms with E-state index in [1.165, 1.54) is 11.1 Å². The Balaban J connectivity index is 1.74. The highest BCUT2D eigenvalue weighted by Gasteiger charge is 2.16. The second-order valence-corrected chi connectivity index (χ2v) is 4.88. The van der Waals surface area contributed by atoms with E-state index >= 15 is 0 Å². The average Bonchev–Trinajstić information content (AvgIpc) is 3.01. The molecule has 1 aromatic heterocycles. The summed E-state index contributed by atoms with van der Waals surface area (Å²) in [6.45, 7) is 3.63. The molecule has 0 fully saturated rings. The molecule has 0 spiro atoms. The number of rotatable bonds is 3. The van der Waals surface area contributed by atoms with Crippen LogP contribution in [0, 0.1) is 0 Å². The second-order valence-electron chi connectivity index (χ2n) is 4.88. The van der Waals surface area contributed by atoms with Crippen LogP contribution in [-0.2, 0) is 13.0 Å². The van der Waals surface area contributed by atoms with Crippen molar-refractivity contribution in [2.75, 3.05) is 6.54 Å². The Hall–Kier alpha value is -2.28. The molecule has 0 saturated heterocycles. The Morgan fingerprint density at radius 3 is 3.10 bits per heavy atom. The van der Waals surface area contributed by atoms with Crippen LogP contribution in [0.15, 0.2) is 18.2 Å². The van der Waals surface area contributed by atoms with Crippen molar-refractivity contribution in [3.05, 3.63) is 40.7 Å². The molecule has 7 heteroatoms. The molecular formula is C13H16N6O. The number of aromatic nitrogens is 4. The van der Waals surface area contributed by atoms with Crippen LogP contribution in [0.5, 0.6) is 0 Å². The summed E-state index contributed by atoms with van der Waals surface area (Å²) in [5.74, 6) is 0.341. The fourth-order valence-electron chi connectivity index (χ4n) is 2.32. The quantitative estimate of drug-likeness (QED) is 0.748. The van der Waals surface area contributed by atoms with Gasteiger partial charge in [-0.1, -0.05) is 11.3 Å². The van der Waals surface area contributed by atoms with Gasteiger partial charge in [-0.05, 0) is 43.1 Å². The summed E-state index contributed by atoms with van der Waals surface area (Å²) in [7, 11) is 0. The fourth-order valence-corrected chi connectivity index (χ4v) is 2.32. The highest BCUT2D eigenvalue weighted by molar-refractivity contribution is 5.94. The number of carbonyl (C=O) groups is 1. The summed E-state index contributed by atoms with van der Waals surface area (Å²) >= 11 is 0. The molecule has 0 saturated carbocycles. The summed E-state index contributed by atoms with van der Waals surface area (Å²) < 4.78 is 0. The lowest BCUT2D eigenvalue weighted by Gasteiger charge is -2.18. The van der Waals surface area contributed by atoms with Gasteiger partial charge in [0.15, 0.2) is 5.82 Å². The smallest absolute Gasteiger partial charge is 0.251 e. The zero-order valence-corrected chi connectivity index (χ0v) is 11.2. The van der Waals surface area contributed by atoms with Gasteiger partial charge in [0, 0.05) is 12.1 Å². The number of fused-ring (bicyclic) bond motifs is 1. The SMILES string of the molecule is CC(NC(=O)c1ccc2c(c1)CNCC2)c1nn[nH]n1. The van der Waals surface area contributed by atoms with Gasteiger partial charge in [-0.15, -0.1) is 10.2 Å². The largest absolute Gasteiger partial charge is 0.342 e. The Morgan fingerprint density at radius 1 is 1.40 bits per heavy atom. The molecule has 1 atom stereocenters. The molecule has 3 rings (SSSR count). The zero-order chi connectivity index (χ0) is 13.9. The number of hydrogen-bond acceptors (Lipinski definition) is 5. The Bertz CT molecular complexity index is 609. The lowest BCUT2D eigenvalue weighted by Crippen LogP contribution is -2.28. The van der Waals surface area contributed by atoms with Crippen molar-refractivity contribution >= 4 is 5.91 Å². The topological polar surface area (TPSA) is 95.6 Å². The predicted octanol–water partition coefficient (Wildman–Crippen LogP) is 0.336. The molecule has 0 radical (unpaired) electrons. The number of aromatic amines is 1. The maximum atomic E-state index is 12.2. The third-order valence-electron chi connectivity index (χ3n) is 3.45. The molecule has 0 aliphatic carbocycles. The molecule has 2 heterocycles. The van der Waals surface area contributed by atoms with Crippen LogP contribution in [0.4, 0.5) is 0 Å². The number of hydrogen-bond donors (Lipinski definition) is 3. The Kier molecular flexibility index (Phi) is 3.42. The molecule has 1 amide bonds. The lowest BCUT2D eigenvalue weighted by atomic mass is 9.98. The molecule has 3 N–H and O–H groups in total. The minimum absolute atomic E-state index is 0.129. The zero-order valence-electron chi connectivity index (χ0n) is 11.2. The predicted molar refractivity (Wildman–Crippen MR) is 71.9 cm³/mol. The molecule has 1 aromatic carbocycles. The summed E-state index contributed by atoms with van der Waals surface area (Å²) in [6.07, 6.45) is 1.01. The van der Waals surface area contributed by atoms with Gasteiger partial charge >= 0.3 is 0 Å². The van der Waals surface area contributed by atoms with E-state index in [-0.39, 0.29) is 11.9 Å². The van der Waals surface area contributed by atoms with Crippen molar-refractivity contribution < 1.29 is 4.79 Å². The standard InChI is InChI=1S/C13H16N6O/c1-8(12-16-18-19-17-12)15-13(20)10-3-2-9-4-5-14-7-11(9)6-10/h2-3,6,8,14H,4-5,7H2,1H3,(H,15,20)(H,16,17,18,19). The average molecular weight is 272 g/mol. The maximum Gasteiger partial charge on any atom is 0.251 e. The van der Waals surface area contributed by atoms with Gasteiger partial charge in [0.2, 0.25) is 0 Å². The first-order chi connectivity index (χ1) is 9.74. The van der Waals surface area contributed by atoms with Gasteiger partial charge in [0.05, 0.1) is 6.04 Å². The summed E-state index contributed by atoms with van der Waals surface area (Å²) in [5, 5.41) is 19.7. The van der Waals surface area contributed by atoms with E-state index in [2.05, 4.69) is 31.3 Å². The van der Waals surface area contributed by atoms with Crippen molar-refractivity contribution in [3.63, 3.8) is 0 Å². The van der Waals surface area contributed by atoms with Gasteiger partial charge in [-0.25, -0.2) is 0 Å². The van der Waals surface area contributed by atoms with Gasteiger partial charge in [0.25, 0.3) is 5.91 Å². The van der Waals surface area contributed by atoms with Gasteiger partial charge in [0.1, 0.15) is 0 Å². The van der Waals surface area contributed by atoms with Crippen molar-refractivity contribution in [3.8, 4) is 0 Å². The monoisotopic (exact) mass is 272 g/mol. The van der Waals surface area contributed by atoms with Crippen LogP contribution in [0.25, 0.3) is 0 Å². The first-order valence-corrected chi connectivity index (χ1v) is 6.61. The first-order valence-electron chi connectivity index (χ1n) is 6.61. The molecule has 104 valence electrons. The van der Waals surface area contributed by atoms with Gasteiger partial charge in [-0.2, -0.15) is 5.21 Å². The van der Waals surface area contributed by atoms with Gasteiger partial charge in [-0.3, -0.25) is 4.79 Å². The van der Waals surface area contributed by atoms with Crippen molar-refractivity contribution in [1.82, 2.24) is 31.3 Å². The third-order valence-corrected chi connectivity index (χ3v) is 3.45. The first kappa shape index (κ1) is 12.7. The highest BCUT2D eigenvalue weighted by Crippen LogP contribution is 2.16. The van der Waals surface area contributed by atoms with Crippen molar-refractivity contribution in [2.24, 2.45) is 0 Å². The summed E-state index contributed by atoms with van der Waals surface area (Å²) in [6, 6.07) is 5.56. The van der Waals surface area contributed by atoms with E-state index in [0.29, 0.717) is 11.4 Å². The second kappa shape index (κ2) is 5.38. The number of nitrogens with zero attached hydrogens (tertiary/aromatic N) is 3. The molecule has 1 aliphatic rings. The Labute approximate surface area is 116 Å². The number of tetrazole rings is 1. The van der Waals surface area contributed by atoms with Crippen LogP contribution in [0.2, 0.25) is 0 Å². The van der Waals surface area contributed by atoms with E-state index in [9.17, 15) is 4.79 Å². The van der Waals surface area contributed by atoms with Crippen LogP contribution in [0.3, 0.4) is 0 Å². The van der Waals surface area contributed by atoms with Crippen LogP contribution >= 0.6 is 0 Å². The van der Waals surface area contributed by atoms with E-state index in [1.807, 2.05) is 25.1 Å². The molecular weight excluding hydrogens is 256 g/mol. The van der Waals surface area contributed by atoms with Gasteiger partial charge < -0.3 is 10.6 Å². The normalized spacial score (nSPS) is 15.4. The maximum absolute atomic E-state index is 12.2. The number of nitrogens with one attached hydrogen (secondary N) is 3. The fraction of sp³-hybridized carbons (Fsp3) is 0.385. The van der Waals surface area contributed by atoms with E-state index in [4.69, 9.17) is 0 Å². The molecule has 1 aliphatic heterocycles. The number of H-pyrrole nitrogens is 1. The van der Waals surface area contributed by atoms with Crippen LogP contribution < -0.4 is 10.6 Å². The molecule has 7 nitrogen and oxygen atoms in total. The van der Waals surface area contributed by atoms with Crippen LogP contribution in [-0.4, -0.2) is 33.1 Å². The number of benzene rings is 1. The minimum atomic E-state index is -0.282. The molecule has 0 bridgehead atoms. The van der Waals surface area contributed by atoms with Crippen molar-refractivity contribution in [2.45, 2.75) is 25.9 Å². The molecule has 2 aromatic rings. The third kappa shape index (κ3) is 2.53. The Morgan fingerprint density at radius 2 is 2.30 bits per heavy atom. The molecule has 20 heavy (non-hydrogen) atoms. The number of carbonyl (C=O) groups excluding carboxylic acids is 1. The summed E-state index contributed by atoms with van der Waals surface area (Å²) in [4.78, 5) is 12.2. The van der Waals surface area contributed by atoms with E-state index in [0.717, 1.165) is 19.5 Å². The number of amides is 1. The minimum Gasteiger partial charge on any atom is -0.342 e. The van der Waals surface area contributed by atoms with Crippen molar-refractivity contribution in [1.29, 1.82) is 0 Å². The highest BCUT2D eigenvalue weighted by atomic mass is 16.1. The van der Waals surface area contributed by atoms with E-state index < -0.39 is 0 Å². The van der Waals surface area contributed by atoms with Crippen LogP contribution in [0.1, 0.15) is 40.3 Å². The lowest BCUT2D eigenvalue weighted by molar-refractivity contribution is 0.0938.